The van der Waals surface area contributed by atoms with Crippen molar-refractivity contribution in [2.24, 2.45) is 0 Å². The van der Waals surface area contributed by atoms with Crippen LogP contribution in [-0.2, 0) is 0 Å². The largest absolute Gasteiger partial charge is 0.493 e. The lowest BCUT2D eigenvalue weighted by Gasteiger charge is -2.08. The van der Waals surface area contributed by atoms with Crippen molar-refractivity contribution in [1.82, 2.24) is 0 Å². The molecule has 0 spiro atoms. The first kappa shape index (κ1) is 10.3. The van der Waals surface area contributed by atoms with Gasteiger partial charge in [0.25, 0.3) is 0 Å². The van der Waals surface area contributed by atoms with Crippen LogP contribution in [0.5, 0.6) is 17.2 Å². The van der Waals surface area contributed by atoms with Gasteiger partial charge in [0.2, 0.25) is 12.5 Å². The number of carbonyl (C=O) groups is 2. The van der Waals surface area contributed by atoms with Crippen molar-refractivity contribution < 1.29 is 28.9 Å². The number of carboxylic acids is 1. The minimum atomic E-state index is -1.24. The van der Waals surface area contributed by atoms with Crippen LogP contribution in [0.15, 0.2) is 6.07 Å². The average molecular weight is 224 g/mol. The topological polar surface area (TPSA) is 82.1 Å². The van der Waals surface area contributed by atoms with E-state index in [1.807, 2.05) is 0 Å². The van der Waals surface area contributed by atoms with Crippen LogP contribution in [-0.4, -0.2) is 31.3 Å². The predicted molar refractivity (Wildman–Crippen MR) is 51.5 cm³/mol. The Bertz CT molecular complexity index is 465. The molecule has 0 atom stereocenters. The van der Waals surface area contributed by atoms with Crippen LogP contribution in [0.25, 0.3) is 0 Å². The molecule has 1 heterocycles. The van der Waals surface area contributed by atoms with Gasteiger partial charge < -0.3 is 19.3 Å². The van der Waals surface area contributed by atoms with Crippen molar-refractivity contribution in [3.05, 3.63) is 17.2 Å². The Kier molecular flexibility index (Phi) is 2.40. The second-order valence-corrected chi connectivity index (χ2v) is 3.03. The highest BCUT2D eigenvalue weighted by atomic mass is 16.7. The first-order valence-electron chi connectivity index (χ1n) is 4.38. The highest BCUT2D eigenvalue weighted by Crippen LogP contribution is 2.44. The van der Waals surface area contributed by atoms with Crippen LogP contribution in [0.2, 0.25) is 0 Å². The number of ether oxygens (including phenoxy) is 3. The maximum absolute atomic E-state index is 11.0. The van der Waals surface area contributed by atoms with Crippen LogP contribution >= 0.6 is 0 Å². The minimum absolute atomic E-state index is 0.00593. The SMILES string of the molecule is COc1cc(C=O)c(C(=O)O)c2c1OCO2. The summed E-state index contributed by atoms with van der Waals surface area (Å²) in [5, 5.41) is 8.99. The van der Waals surface area contributed by atoms with Gasteiger partial charge in [-0.25, -0.2) is 4.79 Å². The number of carbonyl (C=O) groups excluding carboxylic acids is 1. The Labute approximate surface area is 90.3 Å². The molecule has 0 aromatic heterocycles. The predicted octanol–water partition coefficient (Wildman–Crippen LogP) is 0.935. The van der Waals surface area contributed by atoms with Gasteiger partial charge in [0.05, 0.1) is 7.11 Å². The normalized spacial score (nSPS) is 12.3. The van der Waals surface area contributed by atoms with Gasteiger partial charge >= 0.3 is 5.97 Å². The fourth-order valence-corrected chi connectivity index (χ4v) is 1.52. The van der Waals surface area contributed by atoms with Crippen molar-refractivity contribution in [3.63, 3.8) is 0 Å². The molecule has 6 nitrogen and oxygen atoms in total. The number of aromatic carboxylic acids is 1. The molecular weight excluding hydrogens is 216 g/mol. The van der Waals surface area contributed by atoms with Crippen LogP contribution in [0.3, 0.4) is 0 Å². The molecule has 2 rings (SSSR count). The van der Waals surface area contributed by atoms with Gasteiger partial charge in [-0.15, -0.1) is 0 Å². The van der Waals surface area contributed by atoms with Crippen molar-refractivity contribution in [3.8, 4) is 17.2 Å². The molecule has 16 heavy (non-hydrogen) atoms. The number of methoxy groups -OCH3 is 1. The number of aldehydes is 1. The van der Waals surface area contributed by atoms with Crippen molar-refractivity contribution >= 4 is 12.3 Å². The zero-order valence-corrected chi connectivity index (χ0v) is 8.35. The second-order valence-electron chi connectivity index (χ2n) is 3.03. The number of carboxylic acid groups (broad SMARTS) is 1. The van der Waals surface area contributed by atoms with Gasteiger partial charge in [-0.1, -0.05) is 0 Å². The molecule has 0 bridgehead atoms. The highest BCUT2D eigenvalue weighted by molar-refractivity contribution is 6.01. The Hall–Kier alpha value is -2.24. The highest BCUT2D eigenvalue weighted by Gasteiger charge is 2.29. The summed E-state index contributed by atoms with van der Waals surface area (Å²) in [5.41, 5.74) is -0.211. The van der Waals surface area contributed by atoms with Crippen molar-refractivity contribution in [1.29, 1.82) is 0 Å². The van der Waals surface area contributed by atoms with E-state index in [0.29, 0.717) is 6.29 Å². The number of rotatable bonds is 3. The molecule has 1 aliphatic heterocycles. The molecule has 1 aliphatic rings. The lowest BCUT2D eigenvalue weighted by molar-refractivity contribution is 0.0689. The van der Waals surface area contributed by atoms with E-state index in [0.717, 1.165) is 0 Å². The third-order valence-corrected chi connectivity index (χ3v) is 2.20. The zero-order valence-electron chi connectivity index (χ0n) is 8.35. The Morgan fingerprint density at radius 1 is 1.50 bits per heavy atom. The third kappa shape index (κ3) is 1.35. The van der Waals surface area contributed by atoms with Gasteiger partial charge in [-0.05, 0) is 6.07 Å². The zero-order chi connectivity index (χ0) is 11.7. The molecule has 0 aliphatic carbocycles. The van der Waals surface area contributed by atoms with Crippen LogP contribution in [0, 0.1) is 0 Å². The lowest BCUT2D eigenvalue weighted by atomic mass is 10.1. The summed E-state index contributed by atoms with van der Waals surface area (Å²) in [6.45, 7) is -0.0890. The van der Waals surface area contributed by atoms with E-state index in [1.54, 1.807) is 0 Å². The van der Waals surface area contributed by atoms with E-state index in [4.69, 9.17) is 19.3 Å². The molecule has 0 saturated carbocycles. The fourth-order valence-electron chi connectivity index (χ4n) is 1.52. The van der Waals surface area contributed by atoms with E-state index in [9.17, 15) is 9.59 Å². The van der Waals surface area contributed by atoms with Gasteiger partial charge in [0.15, 0.2) is 17.8 Å². The van der Waals surface area contributed by atoms with Crippen molar-refractivity contribution in [2.45, 2.75) is 0 Å². The number of benzene rings is 1. The fraction of sp³-hybridized carbons (Fsp3) is 0.200. The van der Waals surface area contributed by atoms with Crippen LogP contribution in [0.4, 0.5) is 0 Å². The Balaban J connectivity index is 2.73. The first-order valence-corrected chi connectivity index (χ1v) is 4.38. The maximum atomic E-state index is 11.0. The van der Waals surface area contributed by atoms with Gasteiger partial charge in [0, 0.05) is 5.56 Å². The summed E-state index contributed by atoms with van der Waals surface area (Å²) < 4.78 is 15.1. The monoisotopic (exact) mass is 224 g/mol. The summed E-state index contributed by atoms with van der Waals surface area (Å²) in [5.74, 6) is -0.717. The van der Waals surface area contributed by atoms with E-state index in [-0.39, 0.29) is 35.2 Å². The van der Waals surface area contributed by atoms with Gasteiger partial charge in [-0.2, -0.15) is 0 Å². The second kappa shape index (κ2) is 3.73. The molecule has 84 valence electrons. The van der Waals surface area contributed by atoms with Gasteiger partial charge in [-0.3, -0.25) is 4.79 Å². The summed E-state index contributed by atoms with van der Waals surface area (Å²) >= 11 is 0. The molecule has 0 fully saturated rings. The molecule has 0 unspecified atom stereocenters. The number of hydrogen-bond acceptors (Lipinski definition) is 5. The smallest absolute Gasteiger partial charge is 0.340 e. The maximum Gasteiger partial charge on any atom is 0.340 e. The standard InChI is InChI=1S/C10H8O6/c1-14-6-2-5(3-11)7(10(12)13)9-8(6)15-4-16-9/h2-3H,4H2,1H3,(H,12,13). The van der Waals surface area contributed by atoms with Crippen LogP contribution < -0.4 is 14.2 Å². The first-order chi connectivity index (χ1) is 7.69. The lowest BCUT2D eigenvalue weighted by Crippen LogP contribution is -2.04. The molecule has 1 aromatic carbocycles. The van der Waals surface area contributed by atoms with Crippen molar-refractivity contribution in [2.75, 3.05) is 13.9 Å². The average Bonchev–Trinajstić information content (AvgIpc) is 2.74. The van der Waals surface area contributed by atoms with Gasteiger partial charge in [0.1, 0.15) is 5.56 Å². The summed E-state index contributed by atoms with van der Waals surface area (Å²) in [7, 11) is 1.40. The van der Waals surface area contributed by atoms with E-state index < -0.39 is 5.97 Å². The quantitative estimate of drug-likeness (QED) is 0.769. The molecule has 6 heteroatoms. The summed E-state index contributed by atoms with van der Waals surface area (Å²) in [6, 6.07) is 1.31. The summed E-state index contributed by atoms with van der Waals surface area (Å²) in [6.07, 6.45) is 0.438. The molecule has 1 N–H and O–H groups in total. The molecule has 1 aromatic rings. The molecular formula is C10H8O6. The molecule has 0 radical (unpaired) electrons. The molecule has 0 saturated heterocycles. The Morgan fingerprint density at radius 2 is 2.19 bits per heavy atom. The van der Waals surface area contributed by atoms with E-state index >= 15 is 0 Å². The van der Waals surface area contributed by atoms with E-state index in [1.165, 1.54) is 13.2 Å². The number of hydrogen-bond donors (Lipinski definition) is 1. The third-order valence-electron chi connectivity index (χ3n) is 2.20. The molecule has 0 amide bonds. The Morgan fingerprint density at radius 3 is 2.75 bits per heavy atom. The van der Waals surface area contributed by atoms with E-state index in [2.05, 4.69) is 0 Å². The number of fused-ring (bicyclic) bond motifs is 1. The van der Waals surface area contributed by atoms with Crippen LogP contribution in [0.1, 0.15) is 20.7 Å². The minimum Gasteiger partial charge on any atom is -0.493 e. The summed E-state index contributed by atoms with van der Waals surface area (Å²) in [4.78, 5) is 21.8.